The van der Waals surface area contributed by atoms with Crippen LogP contribution in [0.5, 0.6) is 0 Å². The predicted molar refractivity (Wildman–Crippen MR) is 149 cm³/mol. The monoisotopic (exact) mass is 685 g/mol. The fraction of sp³-hybridized carbons (Fsp3) is 0.118. The fourth-order valence-corrected chi connectivity index (χ4v) is 5.64. The van der Waals surface area contributed by atoms with E-state index in [1.165, 1.54) is 0 Å². The maximum atomic E-state index is 5.22. The Balaban J connectivity index is 0.00000277. The SMILES string of the molecule is CC1(C)c2[c-]c(ccc2)-n2ccc(n2)C(c2ccccc2)(c2ccccc2)c2ccn(n2)-c2[c-]c1ccc2.[Pt+2]. The molecule has 6 aromatic rings. The molecule has 0 saturated heterocycles. The van der Waals surface area contributed by atoms with Crippen molar-refractivity contribution >= 4 is 0 Å². The molecule has 0 atom stereocenters. The Kier molecular flexibility index (Phi) is 6.24. The molecule has 8 bridgehead atoms. The summed E-state index contributed by atoms with van der Waals surface area (Å²) in [6.45, 7) is 4.42. The normalized spacial score (nSPS) is 14.6. The topological polar surface area (TPSA) is 35.6 Å². The molecule has 7 rings (SSSR count). The number of hydrogen-bond acceptors (Lipinski definition) is 2. The Morgan fingerprint density at radius 1 is 0.538 bits per heavy atom. The van der Waals surface area contributed by atoms with Gasteiger partial charge in [-0.15, -0.1) is 12.1 Å². The van der Waals surface area contributed by atoms with Crippen molar-refractivity contribution in [3.8, 4) is 11.4 Å². The number of hydrogen-bond donors (Lipinski definition) is 0. The zero-order chi connectivity index (χ0) is 25.7. The summed E-state index contributed by atoms with van der Waals surface area (Å²) in [5, 5.41) is 10.4. The number of rotatable bonds is 2. The summed E-state index contributed by atoms with van der Waals surface area (Å²) in [6, 6.07) is 45.1. The second-order valence-electron chi connectivity index (χ2n) is 10.3. The van der Waals surface area contributed by atoms with Crippen molar-refractivity contribution in [2.45, 2.75) is 24.7 Å². The van der Waals surface area contributed by atoms with Crippen LogP contribution in [-0.4, -0.2) is 19.6 Å². The van der Waals surface area contributed by atoms with Gasteiger partial charge in [0.1, 0.15) is 5.41 Å². The summed E-state index contributed by atoms with van der Waals surface area (Å²) in [4.78, 5) is 0. The van der Waals surface area contributed by atoms with E-state index in [0.717, 1.165) is 45.0 Å². The molecule has 4 aromatic carbocycles. The minimum absolute atomic E-state index is 0. The van der Waals surface area contributed by atoms with Gasteiger partial charge >= 0.3 is 21.1 Å². The van der Waals surface area contributed by atoms with E-state index in [1.807, 2.05) is 33.9 Å². The molecule has 2 aromatic heterocycles. The van der Waals surface area contributed by atoms with Crippen molar-refractivity contribution in [3.05, 3.63) is 167 Å². The van der Waals surface area contributed by atoms with Crippen molar-refractivity contribution in [2.75, 3.05) is 0 Å². The van der Waals surface area contributed by atoms with Gasteiger partial charge in [0.25, 0.3) is 0 Å². The Morgan fingerprint density at radius 3 is 1.41 bits per heavy atom. The summed E-state index contributed by atoms with van der Waals surface area (Å²) >= 11 is 0. The van der Waals surface area contributed by atoms with Gasteiger partial charge in [-0.05, 0) is 40.0 Å². The van der Waals surface area contributed by atoms with Gasteiger partial charge < -0.3 is 0 Å². The van der Waals surface area contributed by atoms with Crippen LogP contribution in [0.25, 0.3) is 11.4 Å². The molecule has 1 aliphatic rings. The largest absolute Gasteiger partial charge is 2.00 e. The van der Waals surface area contributed by atoms with Gasteiger partial charge in [0.15, 0.2) is 0 Å². The van der Waals surface area contributed by atoms with Gasteiger partial charge in [-0.1, -0.05) is 74.5 Å². The Bertz CT molecular complexity index is 1620. The molecular weight excluding hydrogens is 659 g/mol. The first-order chi connectivity index (χ1) is 18.6. The van der Waals surface area contributed by atoms with E-state index < -0.39 is 5.41 Å². The number of benzene rings is 4. The fourth-order valence-electron chi connectivity index (χ4n) is 5.64. The molecule has 3 heterocycles. The molecular formula is C34H26N4Pt. The zero-order valence-electron chi connectivity index (χ0n) is 21.7. The van der Waals surface area contributed by atoms with Crippen molar-refractivity contribution < 1.29 is 21.1 Å². The summed E-state index contributed by atoms with van der Waals surface area (Å²) in [5.74, 6) is 0. The molecule has 5 heteroatoms. The van der Waals surface area contributed by atoms with Crippen LogP contribution < -0.4 is 0 Å². The minimum atomic E-state index is -0.725. The second kappa shape index (κ2) is 9.63. The Labute approximate surface area is 243 Å². The Hall–Kier alpha value is -4.01. The maximum absolute atomic E-state index is 5.22. The second-order valence-corrected chi connectivity index (χ2v) is 10.3. The number of fused-ring (bicyclic) bond motifs is 10. The molecule has 0 aliphatic carbocycles. The molecule has 1 aliphatic heterocycles. The van der Waals surface area contributed by atoms with E-state index in [2.05, 4.69) is 123 Å². The van der Waals surface area contributed by atoms with E-state index in [-0.39, 0.29) is 26.5 Å². The first-order valence-corrected chi connectivity index (χ1v) is 12.9. The predicted octanol–water partition coefficient (Wildman–Crippen LogP) is 6.68. The molecule has 0 unspecified atom stereocenters. The van der Waals surface area contributed by atoms with Gasteiger partial charge in [-0.25, -0.2) is 0 Å². The van der Waals surface area contributed by atoms with Gasteiger partial charge in [0.05, 0.1) is 11.4 Å². The van der Waals surface area contributed by atoms with Gasteiger partial charge in [0.2, 0.25) is 0 Å². The number of nitrogens with zero attached hydrogens (tertiary/aromatic N) is 4. The summed E-state index contributed by atoms with van der Waals surface area (Å²) in [6.07, 6.45) is 4.06. The maximum Gasteiger partial charge on any atom is 2.00 e. The van der Waals surface area contributed by atoms with Crippen LogP contribution >= 0.6 is 0 Å². The average Bonchev–Trinajstić information content (AvgIpc) is 3.66. The quantitative estimate of drug-likeness (QED) is 0.191. The first-order valence-electron chi connectivity index (χ1n) is 12.9. The smallest absolute Gasteiger partial charge is 0.265 e. The van der Waals surface area contributed by atoms with Gasteiger partial charge in [0, 0.05) is 12.4 Å². The van der Waals surface area contributed by atoms with Gasteiger partial charge in [-0.2, -0.15) is 57.7 Å². The standard InChI is InChI=1S/C34H26N4.Pt/c1-33(2)27-15-9-17-29(23-27)37-21-19-31(35-37)34(25-11-5-3-6-12-25,26-13-7-4-8-14-26)32-20-22-38(36-32)30-18-10-16-28(33)24-30;/h3-22H,1-2H3;/q-2;+2. The van der Waals surface area contributed by atoms with Gasteiger partial charge in [-0.3, -0.25) is 9.36 Å². The first kappa shape index (κ1) is 25.3. The zero-order valence-corrected chi connectivity index (χ0v) is 23.9. The minimum Gasteiger partial charge on any atom is -0.265 e. The van der Waals surface area contributed by atoms with E-state index in [0.29, 0.717) is 0 Å². The Morgan fingerprint density at radius 2 is 0.974 bits per heavy atom. The molecule has 0 amide bonds. The van der Waals surface area contributed by atoms with Crippen LogP contribution in [0.2, 0.25) is 0 Å². The van der Waals surface area contributed by atoms with Crippen LogP contribution in [0.1, 0.15) is 47.5 Å². The molecule has 192 valence electrons. The molecule has 0 radical (unpaired) electrons. The van der Waals surface area contributed by atoms with E-state index >= 15 is 0 Å². The average molecular weight is 686 g/mol. The van der Waals surface area contributed by atoms with Crippen LogP contribution in [0, 0.1) is 12.1 Å². The molecule has 0 N–H and O–H groups in total. The van der Waals surface area contributed by atoms with Crippen LogP contribution in [0.4, 0.5) is 0 Å². The van der Waals surface area contributed by atoms with Crippen molar-refractivity contribution in [1.29, 1.82) is 0 Å². The molecule has 0 saturated carbocycles. The van der Waals surface area contributed by atoms with Crippen molar-refractivity contribution in [1.82, 2.24) is 19.6 Å². The third kappa shape index (κ3) is 3.94. The van der Waals surface area contributed by atoms with E-state index in [4.69, 9.17) is 10.2 Å². The molecule has 0 spiro atoms. The van der Waals surface area contributed by atoms with Crippen molar-refractivity contribution in [3.63, 3.8) is 0 Å². The molecule has 4 nitrogen and oxygen atoms in total. The van der Waals surface area contributed by atoms with E-state index in [1.54, 1.807) is 0 Å². The van der Waals surface area contributed by atoms with Crippen LogP contribution in [0.15, 0.2) is 122 Å². The summed E-state index contributed by atoms with van der Waals surface area (Å²) in [7, 11) is 0. The summed E-state index contributed by atoms with van der Waals surface area (Å²) in [5.41, 5.74) is 6.92. The molecule has 0 fully saturated rings. The van der Waals surface area contributed by atoms with Crippen LogP contribution in [0.3, 0.4) is 0 Å². The van der Waals surface area contributed by atoms with E-state index in [9.17, 15) is 0 Å². The third-order valence-electron chi connectivity index (χ3n) is 7.76. The molecule has 39 heavy (non-hydrogen) atoms. The van der Waals surface area contributed by atoms with Crippen LogP contribution in [-0.2, 0) is 31.9 Å². The summed E-state index contributed by atoms with van der Waals surface area (Å²) < 4.78 is 3.86. The number of aromatic nitrogens is 4. The van der Waals surface area contributed by atoms with Crippen molar-refractivity contribution in [2.24, 2.45) is 0 Å². The third-order valence-corrected chi connectivity index (χ3v) is 7.76.